The van der Waals surface area contributed by atoms with Crippen LogP contribution in [0.4, 0.5) is 0 Å². The number of aromatic hydroxyl groups is 1. The molecule has 0 saturated heterocycles. The SMILES string of the molecule is CCCCNC(=O)[C@@H](N)CCCC[C@@H](Cc1ccc(OC)c(O)c1)C(C)C. The van der Waals surface area contributed by atoms with Gasteiger partial charge in [-0.05, 0) is 55.2 Å². The number of hydrogen-bond acceptors (Lipinski definition) is 4. The zero-order valence-corrected chi connectivity index (χ0v) is 17.5. The molecule has 1 aromatic rings. The molecule has 1 amide bonds. The van der Waals surface area contributed by atoms with Gasteiger partial charge >= 0.3 is 0 Å². The number of ether oxygens (including phenoxy) is 1. The Morgan fingerprint density at radius 2 is 1.93 bits per heavy atom. The molecule has 0 aliphatic heterocycles. The number of rotatable bonds is 13. The standard InChI is InChI=1S/C22H38N2O3/c1-5-6-13-24-22(26)19(23)10-8-7-9-18(16(2)3)14-17-11-12-21(27-4)20(25)15-17/h11-12,15-16,18-19,25H,5-10,13-14,23H2,1-4H3,(H,24,26)/t18-,19-/m0/s1. The van der Waals surface area contributed by atoms with Crippen molar-refractivity contribution in [1.29, 1.82) is 0 Å². The van der Waals surface area contributed by atoms with E-state index in [0.717, 1.165) is 50.5 Å². The van der Waals surface area contributed by atoms with Crippen LogP contribution in [0.3, 0.4) is 0 Å². The van der Waals surface area contributed by atoms with E-state index in [1.807, 2.05) is 12.1 Å². The van der Waals surface area contributed by atoms with Crippen molar-refractivity contribution in [3.63, 3.8) is 0 Å². The lowest BCUT2D eigenvalue weighted by Gasteiger charge is -2.21. The minimum absolute atomic E-state index is 0.0300. The molecule has 1 aromatic carbocycles. The summed E-state index contributed by atoms with van der Waals surface area (Å²) < 4.78 is 5.11. The summed E-state index contributed by atoms with van der Waals surface area (Å²) in [6, 6.07) is 5.23. The molecule has 0 bridgehead atoms. The summed E-state index contributed by atoms with van der Waals surface area (Å²) >= 11 is 0. The maximum atomic E-state index is 11.9. The van der Waals surface area contributed by atoms with Gasteiger partial charge < -0.3 is 20.9 Å². The number of hydrogen-bond donors (Lipinski definition) is 3. The van der Waals surface area contributed by atoms with E-state index in [1.165, 1.54) is 0 Å². The third kappa shape index (κ3) is 8.65. The number of carbonyl (C=O) groups is 1. The van der Waals surface area contributed by atoms with E-state index in [0.29, 0.717) is 24.1 Å². The molecular formula is C22H38N2O3. The smallest absolute Gasteiger partial charge is 0.236 e. The monoisotopic (exact) mass is 378 g/mol. The Hall–Kier alpha value is -1.75. The second-order valence-electron chi connectivity index (χ2n) is 7.75. The first-order valence-electron chi connectivity index (χ1n) is 10.3. The van der Waals surface area contributed by atoms with Crippen molar-refractivity contribution in [1.82, 2.24) is 5.32 Å². The Morgan fingerprint density at radius 1 is 1.22 bits per heavy atom. The van der Waals surface area contributed by atoms with Gasteiger partial charge in [-0.2, -0.15) is 0 Å². The number of benzene rings is 1. The quantitative estimate of drug-likeness (QED) is 0.453. The minimum Gasteiger partial charge on any atom is -0.504 e. The average molecular weight is 379 g/mol. The number of carbonyl (C=O) groups excluding carboxylic acids is 1. The second kappa shape index (κ2) is 12.6. The van der Waals surface area contributed by atoms with Crippen LogP contribution in [-0.2, 0) is 11.2 Å². The van der Waals surface area contributed by atoms with Crippen LogP contribution in [0, 0.1) is 11.8 Å². The molecule has 0 spiro atoms. The summed E-state index contributed by atoms with van der Waals surface area (Å²) in [4.78, 5) is 11.9. The Bertz CT molecular complexity index is 560. The summed E-state index contributed by atoms with van der Waals surface area (Å²) in [5.74, 6) is 1.76. The fourth-order valence-electron chi connectivity index (χ4n) is 3.26. The lowest BCUT2D eigenvalue weighted by Crippen LogP contribution is -2.40. The van der Waals surface area contributed by atoms with E-state index in [1.54, 1.807) is 13.2 Å². The van der Waals surface area contributed by atoms with Crippen LogP contribution < -0.4 is 15.8 Å². The number of amides is 1. The van der Waals surface area contributed by atoms with Crippen LogP contribution >= 0.6 is 0 Å². The zero-order valence-electron chi connectivity index (χ0n) is 17.5. The Kier molecular flexibility index (Phi) is 10.9. The van der Waals surface area contributed by atoms with Crippen LogP contribution in [-0.4, -0.2) is 30.7 Å². The summed E-state index contributed by atoms with van der Waals surface area (Å²) in [6.07, 6.45) is 6.83. The van der Waals surface area contributed by atoms with Crippen molar-refractivity contribution in [3.05, 3.63) is 23.8 Å². The van der Waals surface area contributed by atoms with Crippen molar-refractivity contribution in [2.24, 2.45) is 17.6 Å². The van der Waals surface area contributed by atoms with Crippen molar-refractivity contribution >= 4 is 5.91 Å². The van der Waals surface area contributed by atoms with Crippen molar-refractivity contribution in [3.8, 4) is 11.5 Å². The highest BCUT2D eigenvalue weighted by molar-refractivity contribution is 5.81. The molecule has 154 valence electrons. The molecule has 0 aliphatic rings. The Balaban J connectivity index is 2.40. The first-order valence-corrected chi connectivity index (χ1v) is 10.3. The highest BCUT2D eigenvalue weighted by Crippen LogP contribution is 2.30. The lowest BCUT2D eigenvalue weighted by molar-refractivity contribution is -0.122. The number of nitrogens with one attached hydrogen (secondary N) is 1. The molecule has 5 nitrogen and oxygen atoms in total. The Morgan fingerprint density at radius 3 is 2.52 bits per heavy atom. The van der Waals surface area contributed by atoms with Gasteiger partial charge in [0.25, 0.3) is 0 Å². The molecule has 5 heteroatoms. The molecule has 0 radical (unpaired) electrons. The van der Waals surface area contributed by atoms with E-state index in [2.05, 4.69) is 26.1 Å². The topological polar surface area (TPSA) is 84.6 Å². The summed E-state index contributed by atoms with van der Waals surface area (Å²) in [6.45, 7) is 7.29. The van der Waals surface area contributed by atoms with E-state index in [-0.39, 0.29) is 11.7 Å². The fraction of sp³-hybridized carbons (Fsp3) is 0.682. The van der Waals surface area contributed by atoms with Crippen LogP contribution in [0.2, 0.25) is 0 Å². The van der Waals surface area contributed by atoms with Crippen LogP contribution in [0.25, 0.3) is 0 Å². The van der Waals surface area contributed by atoms with Gasteiger partial charge in [-0.25, -0.2) is 0 Å². The van der Waals surface area contributed by atoms with Gasteiger partial charge in [0.1, 0.15) is 0 Å². The van der Waals surface area contributed by atoms with E-state index < -0.39 is 6.04 Å². The molecule has 2 atom stereocenters. The van der Waals surface area contributed by atoms with Gasteiger partial charge in [0.15, 0.2) is 11.5 Å². The molecule has 1 rings (SSSR count). The maximum absolute atomic E-state index is 11.9. The number of methoxy groups -OCH3 is 1. The van der Waals surface area contributed by atoms with Crippen LogP contribution in [0.15, 0.2) is 18.2 Å². The van der Waals surface area contributed by atoms with Gasteiger partial charge in [-0.3, -0.25) is 4.79 Å². The molecule has 0 fully saturated rings. The predicted octanol–water partition coefficient (Wildman–Crippen LogP) is 4.02. The van der Waals surface area contributed by atoms with Crippen molar-refractivity contribution in [2.75, 3.05) is 13.7 Å². The number of unbranched alkanes of at least 4 members (excludes halogenated alkanes) is 2. The lowest BCUT2D eigenvalue weighted by atomic mass is 9.85. The van der Waals surface area contributed by atoms with Gasteiger partial charge in [-0.1, -0.05) is 46.1 Å². The molecule has 4 N–H and O–H groups in total. The van der Waals surface area contributed by atoms with Crippen molar-refractivity contribution in [2.45, 2.75) is 71.8 Å². The third-order valence-corrected chi connectivity index (χ3v) is 5.19. The molecular weight excluding hydrogens is 340 g/mol. The van der Waals surface area contributed by atoms with Crippen molar-refractivity contribution < 1.29 is 14.6 Å². The summed E-state index contributed by atoms with van der Waals surface area (Å²) in [5.41, 5.74) is 7.12. The summed E-state index contributed by atoms with van der Waals surface area (Å²) in [7, 11) is 1.56. The third-order valence-electron chi connectivity index (χ3n) is 5.19. The maximum Gasteiger partial charge on any atom is 0.236 e. The van der Waals surface area contributed by atoms with Crippen LogP contribution in [0.5, 0.6) is 11.5 Å². The number of phenols is 1. The Labute approximate surface area is 164 Å². The summed E-state index contributed by atoms with van der Waals surface area (Å²) in [5, 5.41) is 12.9. The molecule has 0 aromatic heterocycles. The highest BCUT2D eigenvalue weighted by atomic mass is 16.5. The fourth-order valence-corrected chi connectivity index (χ4v) is 3.26. The van der Waals surface area contributed by atoms with E-state index in [4.69, 9.17) is 10.5 Å². The average Bonchev–Trinajstić information content (AvgIpc) is 2.64. The molecule has 27 heavy (non-hydrogen) atoms. The minimum atomic E-state index is -0.405. The van der Waals surface area contributed by atoms with Gasteiger partial charge in [0.05, 0.1) is 13.2 Å². The van der Waals surface area contributed by atoms with E-state index in [9.17, 15) is 9.90 Å². The largest absolute Gasteiger partial charge is 0.504 e. The first-order chi connectivity index (χ1) is 12.9. The van der Waals surface area contributed by atoms with E-state index >= 15 is 0 Å². The first kappa shape index (κ1) is 23.3. The molecule has 0 heterocycles. The van der Waals surface area contributed by atoms with Gasteiger partial charge in [-0.15, -0.1) is 0 Å². The van der Waals surface area contributed by atoms with Crippen LogP contribution in [0.1, 0.15) is 64.9 Å². The normalized spacial score (nSPS) is 13.4. The number of phenolic OH excluding ortho intramolecular Hbond substituents is 1. The number of nitrogens with two attached hydrogens (primary N) is 1. The predicted molar refractivity (Wildman–Crippen MR) is 111 cm³/mol. The second-order valence-corrected chi connectivity index (χ2v) is 7.75. The van der Waals surface area contributed by atoms with Gasteiger partial charge in [0, 0.05) is 6.54 Å². The highest BCUT2D eigenvalue weighted by Gasteiger charge is 2.16. The zero-order chi connectivity index (χ0) is 20.2. The van der Waals surface area contributed by atoms with Gasteiger partial charge in [0.2, 0.25) is 5.91 Å². The molecule has 0 saturated carbocycles. The molecule has 0 unspecified atom stereocenters. The molecule has 0 aliphatic carbocycles.